The largest absolute Gasteiger partial charge is 0.506 e. The molecule has 1 atom stereocenters. The summed E-state index contributed by atoms with van der Waals surface area (Å²) in [4.78, 5) is 14.8. The van der Waals surface area contributed by atoms with Gasteiger partial charge in [0.15, 0.2) is 5.82 Å². The van der Waals surface area contributed by atoms with Crippen molar-refractivity contribution >= 4 is 5.82 Å². The zero-order chi connectivity index (χ0) is 22.0. The zero-order valence-corrected chi connectivity index (χ0v) is 18.2. The minimum Gasteiger partial charge on any atom is -0.506 e. The van der Waals surface area contributed by atoms with Gasteiger partial charge < -0.3 is 20.1 Å². The first-order valence-electron chi connectivity index (χ1n) is 10.2. The monoisotopic (exact) mass is 421 g/mol. The van der Waals surface area contributed by atoms with Crippen LogP contribution in [-0.2, 0) is 0 Å². The van der Waals surface area contributed by atoms with Gasteiger partial charge in [-0.25, -0.2) is 15.0 Å². The normalized spacial score (nSPS) is 16.5. The van der Waals surface area contributed by atoms with Crippen molar-refractivity contribution in [3.05, 3.63) is 36.8 Å². The van der Waals surface area contributed by atoms with Gasteiger partial charge in [-0.3, -0.25) is 0 Å². The second-order valence-corrected chi connectivity index (χ2v) is 8.64. The van der Waals surface area contributed by atoms with Crippen LogP contribution in [0.5, 0.6) is 11.6 Å². The Bertz CT molecular complexity index is 1050. The molecule has 0 saturated carbocycles. The molecule has 162 valence electrons. The quantitative estimate of drug-likeness (QED) is 0.642. The van der Waals surface area contributed by atoms with Crippen LogP contribution in [-0.4, -0.2) is 62.0 Å². The van der Waals surface area contributed by atoms with Gasteiger partial charge in [-0.1, -0.05) is 0 Å². The Morgan fingerprint density at radius 1 is 1.10 bits per heavy atom. The molecule has 0 amide bonds. The van der Waals surface area contributed by atoms with E-state index in [0.717, 1.165) is 25.3 Å². The summed E-state index contributed by atoms with van der Waals surface area (Å²) in [5.41, 5.74) is 2.23. The van der Waals surface area contributed by atoms with Crippen LogP contribution in [0.3, 0.4) is 0 Å². The van der Waals surface area contributed by atoms with E-state index in [1.54, 1.807) is 18.3 Å². The number of nitrogens with one attached hydrogen (secondary N) is 1. The Labute approximate surface area is 181 Å². The Morgan fingerprint density at radius 2 is 1.94 bits per heavy atom. The van der Waals surface area contributed by atoms with Gasteiger partial charge in [0.2, 0.25) is 5.88 Å². The van der Waals surface area contributed by atoms with Crippen LogP contribution in [0.25, 0.3) is 22.6 Å². The molecular formula is C22H27N7O2. The number of rotatable bonds is 5. The Balaban J connectivity index is 1.49. The van der Waals surface area contributed by atoms with Crippen molar-refractivity contribution in [3.8, 4) is 34.3 Å². The molecule has 0 bridgehead atoms. The highest BCUT2D eigenvalue weighted by molar-refractivity contribution is 5.69. The molecule has 0 spiro atoms. The molecule has 9 nitrogen and oxygen atoms in total. The maximum Gasteiger partial charge on any atom is 0.216 e. The fourth-order valence-corrected chi connectivity index (χ4v) is 3.72. The Morgan fingerprint density at radius 3 is 2.61 bits per heavy atom. The minimum absolute atomic E-state index is 0.00717. The van der Waals surface area contributed by atoms with Gasteiger partial charge in [0.25, 0.3) is 0 Å². The van der Waals surface area contributed by atoms with E-state index in [-0.39, 0.29) is 11.3 Å². The van der Waals surface area contributed by atoms with Crippen molar-refractivity contribution in [2.45, 2.75) is 38.8 Å². The van der Waals surface area contributed by atoms with Crippen molar-refractivity contribution in [2.75, 3.05) is 25.1 Å². The summed E-state index contributed by atoms with van der Waals surface area (Å²) in [6.45, 7) is 8.36. The summed E-state index contributed by atoms with van der Waals surface area (Å²) >= 11 is 0. The highest BCUT2D eigenvalue weighted by Gasteiger charge is 2.26. The molecule has 0 unspecified atom stereocenters. The Kier molecular flexibility index (Phi) is 5.69. The lowest BCUT2D eigenvalue weighted by atomic mass is 10.1. The Hall–Kier alpha value is -3.33. The smallest absolute Gasteiger partial charge is 0.216 e. The molecule has 1 fully saturated rings. The lowest BCUT2D eigenvalue weighted by molar-refractivity contribution is 0.373. The molecule has 31 heavy (non-hydrogen) atoms. The van der Waals surface area contributed by atoms with Crippen LogP contribution < -0.4 is 15.0 Å². The predicted molar refractivity (Wildman–Crippen MR) is 118 cm³/mol. The molecule has 1 aliphatic rings. The summed E-state index contributed by atoms with van der Waals surface area (Å²) in [7, 11) is 1.54. The number of aromatic hydroxyl groups is 1. The minimum atomic E-state index is 0.00717. The van der Waals surface area contributed by atoms with Gasteiger partial charge in [-0.2, -0.15) is 0 Å². The molecule has 3 aromatic heterocycles. The second-order valence-electron chi connectivity index (χ2n) is 8.64. The first-order valence-corrected chi connectivity index (χ1v) is 10.2. The number of nitrogens with zero attached hydrogens (tertiary/aromatic N) is 6. The molecule has 1 aliphatic heterocycles. The van der Waals surface area contributed by atoms with E-state index in [4.69, 9.17) is 4.74 Å². The number of ether oxygens (including phenoxy) is 1. The van der Waals surface area contributed by atoms with Crippen LogP contribution in [0.2, 0.25) is 0 Å². The molecule has 0 aromatic carbocycles. The lowest BCUT2D eigenvalue weighted by Gasteiger charge is -2.26. The molecule has 0 aliphatic carbocycles. The van der Waals surface area contributed by atoms with Gasteiger partial charge in [-0.05, 0) is 45.4 Å². The molecule has 0 radical (unpaired) electrons. The lowest BCUT2D eigenvalue weighted by Crippen LogP contribution is -2.45. The van der Waals surface area contributed by atoms with Gasteiger partial charge in [-0.15, -0.1) is 10.2 Å². The first kappa shape index (κ1) is 20.9. The summed E-state index contributed by atoms with van der Waals surface area (Å²) in [5.74, 6) is 1.27. The third kappa shape index (κ3) is 4.88. The van der Waals surface area contributed by atoms with E-state index >= 15 is 0 Å². The van der Waals surface area contributed by atoms with Crippen LogP contribution in [0.4, 0.5) is 5.82 Å². The number of methoxy groups -OCH3 is 1. The number of pyridine rings is 1. The maximum absolute atomic E-state index is 10.5. The SMILES string of the molecule is COc1cc(-c2cnc(-c3ccc(N4CC[C@@H](NC(C)(C)C)C4)nn3)c(O)c2)ncn1. The standard InChI is InChI=1S/C22H27N7O2/c1-22(2,3)26-15-7-8-29(12-15)19-6-5-16(27-28-19)21-18(30)9-14(11-23-21)17-10-20(31-4)25-13-24-17/h5-6,9-11,13,15,26,30H,7-8,12H2,1-4H3/t15-/m1/s1. The molecule has 4 rings (SSSR count). The average molecular weight is 422 g/mol. The van der Waals surface area contributed by atoms with Gasteiger partial charge >= 0.3 is 0 Å². The van der Waals surface area contributed by atoms with Gasteiger partial charge in [0.05, 0.1) is 12.8 Å². The van der Waals surface area contributed by atoms with Crippen molar-refractivity contribution < 1.29 is 9.84 Å². The molecular weight excluding hydrogens is 394 g/mol. The average Bonchev–Trinajstić information content (AvgIpc) is 3.20. The maximum atomic E-state index is 10.5. The zero-order valence-electron chi connectivity index (χ0n) is 18.2. The molecule has 1 saturated heterocycles. The summed E-state index contributed by atoms with van der Waals surface area (Å²) in [6, 6.07) is 7.47. The number of anilines is 1. The fourth-order valence-electron chi connectivity index (χ4n) is 3.72. The van der Waals surface area contributed by atoms with E-state index in [2.05, 4.69) is 56.1 Å². The van der Waals surface area contributed by atoms with Crippen molar-refractivity contribution in [3.63, 3.8) is 0 Å². The highest BCUT2D eigenvalue weighted by atomic mass is 16.5. The van der Waals surface area contributed by atoms with Gasteiger partial charge in [0.1, 0.15) is 23.5 Å². The van der Waals surface area contributed by atoms with Crippen LogP contribution in [0.1, 0.15) is 27.2 Å². The van der Waals surface area contributed by atoms with E-state index in [1.165, 1.54) is 13.4 Å². The summed E-state index contributed by atoms with van der Waals surface area (Å²) in [6.07, 6.45) is 4.11. The first-order chi connectivity index (χ1) is 14.8. The highest BCUT2D eigenvalue weighted by Crippen LogP contribution is 2.30. The number of aromatic nitrogens is 5. The summed E-state index contributed by atoms with van der Waals surface area (Å²) < 4.78 is 5.12. The van der Waals surface area contributed by atoms with Crippen molar-refractivity contribution in [1.82, 2.24) is 30.5 Å². The molecule has 2 N–H and O–H groups in total. The van der Waals surface area contributed by atoms with Crippen molar-refractivity contribution in [1.29, 1.82) is 0 Å². The van der Waals surface area contributed by atoms with Gasteiger partial charge in [0, 0.05) is 42.5 Å². The van der Waals surface area contributed by atoms with Crippen molar-refractivity contribution in [2.24, 2.45) is 0 Å². The van der Waals surface area contributed by atoms with Crippen LogP contribution in [0, 0.1) is 0 Å². The van der Waals surface area contributed by atoms with E-state index in [9.17, 15) is 5.11 Å². The number of hydrogen-bond donors (Lipinski definition) is 2. The van der Waals surface area contributed by atoms with Crippen LogP contribution >= 0.6 is 0 Å². The second kappa shape index (κ2) is 8.43. The fraction of sp³-hybridized carbons (Fsp3) is 0.409. The van der Waals surface area contributed by atoms with E-state index < -0.39 is 0 Å². The third-order valence-electron chi connectivity index (χ3n) is 5.06. The molecule has 4 heterocycles. The summed E-state index contributed by atoms with van der Waals surface area (Å²) in [5, 5.41) is 22.8. The third-order valence-corrected chi connectivity index (χ3v) is 5.06. The van der Waals surface area contributed by atoms with Crippen LogP contribution in [0.15, 0.2) is 36.8 Å². The van der Waals surface area contributed by atoms with E-state index in [1.807, 2.05) is 12.1 Å². The predicted octanol–water partition coefficient (Wildman–Crippen LogP) is 2.68. The molecule has 3 aromatic rings. The molecule has 9 heteroatoms. The van der Waals surface area contributed by atoms with E-state index in [0.29, 0.717) is 34.6 Å². The number of hydrogen-bond acceptors (Lipinski definition) is 9. The topological polar surface area (TPSA) is 109 Å².